The highest BCUT2D eigenvalue weighted by Crippen LogP contribution is 2.16. The average Bonchev–Trinajstić information content (AvgIpc) is 1.85. The fraction of sp³-hybridized carbons (Fsp3) is 0.375. The Labute approximate surface area is 74.7 Å². The summed E-state index contributed by atoms with van der Waals surface area (Å²) < 4.78 is 6.23. The molecule has 0 aliphatic heterocycles. The normalized spacial score (nSPS) is 9.73. The van der Waals surface area contributed by atoms with Gasteiger partial charge in [0.05, 0.1) is 6.61 Å². The van der Waals surface area contributed by atoms with E-state index >= 15 is 0 Å². The third-order valence-electron chi connectivity index (χ3n) is 1.19. The Morgan fingerprint density at radius 3 is 2.82 bits per heavy atom. The molecule has 60 valence electrons. The first kappa shape index (κ1) is 8.53. The minimum atomic E-state index is 0.656. The molecule has 2 nitrogen and oxygen atoms in total. The van der Waals surface area contributed by atoms with Crippen molar-refractivity contribution in [2.24, 2.45) is 0 Å². The zero-order valence-corrected chi connectivity index (χ0v) is 8.18. The van der Waals surface area contributed by atoms with Crippen LogP contribution in [-0.4, -0.2) is 11.6 Å². The lowest BCUT2D eigenvalue weighted by atomic mass is 10.4. The largest absolute Gasteiger partial charge is 0.478 e. The first-order valence-electron chi connectivity index (χ1n) is 3.49. The van der Waals surface area contributed by atoms with E-state index in [4.69, 9.17) is 4.74 Å². The Kier molecular flexibility index (Phi) is 2.88. The van der Waals surface area contributed by atoms with E-state index in [0.717, 1.165) is 10.2 Å². The van der Waals surface area contributed by atoms with E-state index in [0.29, 0.717) is 12.5 Å². The monoisotopic (exact) mass is 215 g/mol. The second-order valence-corrected chi connectivity index (χ2v) is 3.11. The van der Waals surface area contributed by atoms with Gasteiger partial charge in [-0.15, -0.1) is 0 Å². The van der Waals surface area contributed by atoms with Gasteiger partial charge in [-0.3, -0.25) is 0 Å². The maximum absolute atomic E-state index is 5.23. The third kappa shape index (κ3) is 2.50. The van der Waals surface area contributed by atoms with Gasteiger partial charge in [-0.05, 0) is 19.9 Å². The standard InChI is InChI=1S/C8H10BrNO/c1-3-11-8-5-7(9)4-6(2)10-8/h4-5H,3H2,1-2H3. The SMILES string of the molecule is CCOc1cc(Br)cc(C)n1. The fourth-order valence-electron chi connectivity index (χ4n) is 0.819. The Morgan fingerprint density at radius 1 is 1.55 bits per heavy atom. The molecule has 0 amide bonds. The van der Waals surface area contributed by atoms with Gasteiger partial charge >= 0.3 is 0 Å². The summed E-state index contributed by atoms with van der Waals surface area (Å²) in [6.07, 6.45) is 0. The maximum atomic E-state index is 5.23. The van der Waals surface area contributed by atoms with Gasteiger partial charge in [0.15, 0.2) is 0 Å². The van der Waals surface area contributed by atoms with Crippen LogP contribution in [0.1, 0.15) is 12.6 Å². The summed E-state index contributed by atoms with van der Waals surface area (Å²) in [5.41, 5.74) is 0.961. The molecule has 0 aliphatic carbocycles. The first-order valence-corrected chi connectivity index (χ1v) is 4.28. The van der Waals surface area contributed by atoms with Crippen LogP contribution in [0.25, 0.3) is 0 Å². The molecule has 0 N–H and O–H groups in total. The molecule has 1 rings (SSSR count). The summed E-state index contributed by atoms with van der Waals surface area (Å²) in [6.45, 7) is 4.54. The van der Waals surface area contributed by atoms with Crippen molar-refractivity contribution in [2.75, 3.05) is 6.61 Å². The number of aryl methyl sites for hydroxylation is 1. The van der Waals surface area contributed by atoms with Gasteiger partial charge in [0.1, 0.15) is 0 Å². The third-order valence-corrected chi connectivity index (χ3v) is 1.64. The van der Waals surface area contributed by atoms with Crippen LogP contribution in [-0.2, 0) is 0 Å². The van der Waals surface area contributed by atoms with Crippen molar-refractivity contribution in [3.63, 3.8) is 0 Å². The number of pyridine rings is 1. The van der Waals surface area contributed by atoms with Crippen LogP contribution in [0.5, 0.6) is 5.88 Å². The van der Waals surface area contributed by atoms with Crippen LogP contribution in [0, 0.1) is 6.92 Å². The van der Waals surface area contributed by atoms with Crippen LogP contribution in [0.3, 0.4) is 0 Å². The quantitative estimate of drug-likeness (QED) is 0.757. The molecular weight excluding hydrogens is 206 g/mol. The van der Waals surface area contributed by atoms with Crippen LogP contribution in [0.15, 0.2) is 16.6 Å². The van der Waals surface area contributed by atoms with E-state index in [1.807, 2.05) is 26.0 Å². The molecule has 1 aromatic rings. The fourth-order valence-corrected chi connectivity index (χ4v) is 1.35. The van der Waals surface area contributed by atoms with Crippen LogP contribution in [0.2, 0.25) is 0 Å². The van der Waals surface area contributed by atoms with E-state index in [1.165, 1.54) is 0 Å². The molecular formula is C8H10BrNO. The van der Waals surface area contributed by atoms with Gasteiger partial charge in [0, 0.05) is 16.2 Å². The average molecular weight is 216 g/mol. The first-order chi connectivity index (χ1) is 5.22. The van der Waals surface area contributed by atoms with Gasteiger partial charge in [0.2, 0.25) is 5.88 Å². The van der Waals surface area contributed by atoms with Crippen molar-refractivity contribution in [3.8, 4) is 5.88 Å². The number of halogens is 1. The van der Waals surface area contributed by atoms with Crippen molar-refractivity contribution in [2.45, 2.75) is 13.8 Å². The summed E-state index contributed by atoms with van der Waals surface area (Å²) in [4.78, 5) is 4.17. The summed E-state index contributed by atoms with van der Waals surface area (Å²) in [6, 6.07) is 3.80. The zero-order chi connectivity index (χ0) is 8.27. The van der Waals surface area contributed by atoms with E-state index in [1.54, 1.807) is 0 Å². The van der Waals surface area contributed by atoms with Gasteiger partial charge in [-0.25, -0.2) is 4.98 Å². The van der Waals surface area contributed by atoms with Crippen LogP contribution < -0.4 is 4.74 Å². The van der Waals surface area contributed by atoms with E-state index in [2.05, 4.69) is 20.9 Å². The molecule has 0 bridgehead atoms. The van der Waals surface area contributed by atoms with Crippen molar-refractivity contribution in [1.82, 2.24) is 4.98 Å². The molecule has 0 aromatic carbocycles. The number of rotatable bonds is 2. The smallest absolute Gasteiger partial charge is 0.214 e. The lowest BCUT2D eigenvalue weighted by Crippen LogP contribution is -1.95. The second kappa shape index (κ2) is 3.72. The highest BCUT2D eigenvalue weighted by atomic mass is 79.9. The van der Waals surface area contributed by atoms with Gasteiger partial charge < -0.3 is 4.74 Å². The summed E-state index contributed by atoms with van der Waals surface area (Å²) >= 11 is 3.36. The highest BCUT2D eigenvalue weighted by Gasteiger charge is 1.96. The predicted octanol–water partition coefficient (Wildman–Crippen LogP) is 2.55. The second-order valence-electron chi connectivity index (χ2n) is 2.20. The van der Waals surface area contributed by atoms with Crippen molar-refractivity contribution < 1.29 is 4.74 Å². The number of hydrogen-bond donors (Lipinski definition) is 0. The molecule has 11 heavy (non-hydrogen) atoms. The molecule has 0 radical (unpaired) electrons. The van der Waals surface area contributed by atoms with Gasteiger partial charge in [-0.1, -0.05) is 15.9 Å². The van der Waals surface area contributed by atoms with E-state index in [-0.39, 0.29) is 0 Å². The number of hydrogen-bond acceptors (Lipinski definition) is 2. The van der Waals surface area contributed by atoms with Crippen LogP contribution in [0.4, 0.5) is 0 Å². The molecule has 1 heterocycles. The highest BCUT2D eigenvalue weighted by molar-refractivity contribution is 9.10. The molecule has 1 aromatic heterocycles. The number of ether oxygens (including phenoxy) is 1. The Balaban J connectivity index is 2.89. The lowest BCUT2D eigenvalue weighted by molar-refractivity contribution is 0.326. The minimum absolute atomic E-state index is 0.656. The topological polar surface area (TPSA) is 22.1 Å². The summed E-state index contributed by atoms with van der Waals surface area (Å²) in [7, 11) is 0. The predicted molar refractivity (Wildman–Crippen MR) is 47.8 cm³/mol. The Morgan fingerprint density at radius 2 is 2.27 bits per heavy atom. The molecule has 0 atom stereocenters. The van der Waals surface area contributed by atoms with E-state index < -0.39 is 0 Å². The number of nitrogens with zero attached hydrogens (tertiary/aromatic N) is 1. The summed E-state index contributed by atoms with van der Waals surface area (Å²) in [5.74, 6) is 0.680. The number of aromatic nitrogens is 1. The Hall–Kier alpha value is -0.570. The van der Waals surface area contributed by atoms with Crippen molar-refractivity contribution >= 4 is 15.9 Å². The van der Waals surface area contributed by atoms with Gasteiger partial charge in [0.25, 0.3) is 0 Å². The van der Waals surface area contributed by atoms with Crippen molar-refractivity contribution in [1.29, 1.82) is 0 Å². The molecule has 0 saturated heterocycles. The lowest BCUT2D eigenvalue weighted by Gasteiger charge is -2.02. The molecule has 0 aliphatic rings. The molecule has 3 heteroatoms. The molecule has 0 spiro atoms. The summed E-state index contributed by atoms with van der Waals surface area (Å²) in [5, 5.41) is 0. The zero-order valence-electron chi connectivity index (χ0n) is 6.60. The maximum Gasteiger partial charge on any atom is 0.214 e. The van der Waals surface area contributed by atoms with Gasteiger partial charge in [-0.2, -0.15) is 0 Å². The van der Waals surface area contributed by atoms with Crippen molar-refractivity contribution in [3.05, 3.63) is 22.3 Å². The minimum Gasteiger partial charge on any atom is -0.478 e. The van der Waals surface area contributed by atoms with E-state index in [9.17, 15) is 0 Å². The molecule has 0 fully saturated rings. The molecule has 0 unspecified atom stereocenters. The van der Waals surface area contributed by atoms with Crippen LogP contribution >= 0.6 is 15.9 Å². The molecule has 0 saturated carbocycles. The Bertz CT molecular complexity index is 230.